The van der Waals surface area contributed by atoms with Gasteiger partial charge in [0.25, 0.3) is 5.91 Å². The van der Waals surface area contributed by atoms with E-state index in [0.29, 0.717) is 4.88 Å². The SMILES string of the molecule is CC1(C)C(=O)NC(=O)CN1C(=O)C(N)c1cccs1. The van der Waals surface area contributed by atoms with Crippen LogP contribution in [0.5, 0.6) is 0 Å². The lowest BCUT2D eigenvalue weighted by Gasteiger charge is -2.41. The Morgan fingerprint density at radius 1 is 1.53 bits per heavy atom. The summed E-state index contributed by atoms with van der Waals surface area (Å²) in [6, 6.07) is 2.70. The Morgan fingerprint density at radius 3 is 2.79 bits per heavy atom. The van der Waals surface area contributed by atoms with Crippen LogP contribution < -0.4 is 11.1 Å². The van der Waals surface area contributed by atoms with Crippen LogP contribution in [0.3, 0.4) is 0 Å². The van der Waals surface area contributed by atoms with Crippen LogP contribution in [0.25, 0.3) is 0 Å². The van der Waals surface area contributed by atoms with Crippen LogP contribution in [0.2, 0.25) is 0 Å². The zero-order valence-corrected chi connectivity index (χ0v) is 11.5. The maximum Gasteiger partial charge on any atom is 0.252 e. The zero-order valence-electron chi connectivity index (χ0n) is 10.7. The van der Waals surface area contributed by atoms with Crippen LogP contribution in [-0.4, -0.2) is 34.7 Å². The molecule has 3 amide bonds. The van der Waals surface area contributed by atoms with Crippen LogP contribution in [0, 0.1) is 0 Å². The molecule has 7 heteroatoms. The lowest BCUT2D eigenvalue weighted by atomic mass is 9.97. The van der Waals surface area contributed by atoms with Crippen molar-refractivity contribution in [2.45, 2.75) is 25.4 Å². The summed E-state index contributed by atoms with van der Waals surface area (Å²) < 4.78 is 0. The highest BCUT2D eigenvalue weighted by molar-refractivity contribution is 7.10. The van der Waals surface area contributed by atoms with Crippen LogP contribution >= 0.6 is 11.3 Å². The second-order valence-corrected chi connectivity index (χ2v) is 5.83. The molecule has 1 saturated heterocycles. The fourth-order valence-electron chi connectivity index (χ4n) is 1.89. The fourth-order valence-corrected chi connectivity index (χ4v) is 2.61. The Kier molecular flexibility index (Phi) is 3.42. The van der Waals surface area contributed by atoms with Crippen molar-refractivity contribution in [2.75, 3.05) is 6.54 Å². The van der Waals surface area contributed by atoms with E-state index in [4.69, 9.17) is 5.73 Å². The topological polar surface area (TPSA) is 92.5 Å². The van der Waals surface area contributed by atoms with E-state index >= 15 is 0 Å². The summed E-state index contributed by atoms with van der Waals surface area (Å²) in [7, 11) is 0. The first-order chi connectivity index (χ1) is 8.84. The first-order valence-corrected chi connectivity index (χ1v) is 6.66. The molecule has 1 unspecified atom stereocenters. The number of imide groups is 1. The van der Waals surface area contributed by atoms with Crippen LogP contribution in [-0.2, 0) is 14.4 Å². The van der Waals surface area contributed by atoms with Gasteiger partial charge in [0.05, 0.1) is 0 Å². The Labute approximate surface area is 114 Å². The number of hydrogen-bond acceptors (Lipinski definition) is 5. The molecule has 0 radical (unpaired) electrons. The molecule has 102 valence electrons. The van der Waals surface area contributed by atoms with Gasteiger partial charge in [-0.1, -0.05) is 6.07 Å². The van der Waals surface area contributed by atoms with E-state index in [2.05, 4.69) is 5.32 Å². The predicted molar refractivity (Wildman–Crippen MR) is 70.2 cm³/mol. The number of piperazine rings is 1. The summed E-state index contributed by atoms with van der Waals surface area (Å²) >= 11 is 1.37. The molecule has 2 heterocycles. The zero-order chi connectivity index (χ0) is 14.2. The fraction of sp³-hybridized carbons (Fsp3) is 0.417. The third-order valence-electron chi connectivity index (χ3n) is 3.17. The molecule has 19 heavy (non-hydrogen) atoms. The molecule has 0 bridgehead atoms. The number of nitrogens with one attached hydrogen (secondary N) is 1. The Hall–Kier alpha value is -1.73. The number of hydrogen-bond donors (Lipinski definition) is 2. The monoisotopic (exact) mass is 281 g/mol. The van der Waals surface area contributed by atoms with Gasteiger partial charge in [0.1, 0.15) is 18.1 Å². The van der Waals surface area contributed by atoms with Crippen molar-refractivity contribution in [2.24, 2.45) is 5.73 Å². The minimum absolute atomic E-state index is 0.156. The average Bonchev–Trinajstić information content (AvgIpc) is 2.86. The largest absolute Gasteiger partial charge is 0.318 e. The molecule has 3 N–H and O–H groups in total. The van der Waals surface area contributed by atoms with Crippen molar-refractivity contribution in [3.63, 3.8) is 0 Å². The number of carbonyl (C=O) groups excluding carboxylic acids is 3. The third kappa shape index (κ3) is 2.39. The first-order valence-electron chi connectivity index (χ1n) is 5.79. The lowest BCUT2D eigenvalue weighted by molar-refractivity contribution is -0.156. The molecule has 6 nitrogen and oxygen atoms in total. The summed E-state index contributed by atoms with van der Waals surface area (Å²) in [5, 5.41) is 4.04. The van der Waals surface area contributed by atoms with Crippen molar-refractivity contribution in [3.8, 4) is 0 Å². The molecule has 1 fully saturated rings. The molecular weight excluding hydrogens is 266 g/mol. The summed E-state index contributed by atoms with van der Waals surface area (Å²) in [5.74, 6) is -1.40. The normalized spacial score (nSPS) is 20.1. The van der Waals surface area contributed by atoms with E-state index in [-0.39, 0.29) is 6.54 Å². The first kappa shape index (κ1) is 13.7. The molecule has 0 spiro atoms. The third-order valence-corrected chi connectivity index (χ3v) is 4.12. The number of nitrogens with zero attached hydrogens (tertiary/aromatic N) is 1. The highest BCUT2D eigenvalue weighted by atomic mass is 32.1. The number of rotatable bonds is 2. The molecular formula is C12H15N3O3S. The summed E-state index contributed by atoms with van der Waals surface area (Å²) in [6.45, 7) is 3.03. The van der Waals surface area contributed by atoms with Gasteiger partial charge >= 0.3 is 0 Å². The Bertz CT molecular complexity index is 524. The second kappa shape index (κ2) is 4.75. The predicted octanol–water partition coefficient (Wildman–Crippen LogP) is 0.0115. The standard InChI is InChI=1S/C12H15N3O3S/c1-12(2)11(18)14-8(16)6-15(12)10(17)9(13)7-4-3-5-19-7/h3-5,9H,6,13H2,1-2H3,(H,14,16,18). The summed E-state index contributed by atoms with van der Waals surface area (Å²) in [4.78, 5) is 37.5. The average molecular weight is 281 g/mol. The maximum atomic E-state index is 12.4. The van der Waals surface area contributed by atoms with Crippen LogP contribution in [0.15, 0.2) is 17.5 Å². The van der Waals surface area contributed by atoms with Gasteiger partial charge in [0.2, 0.25) is 11.8 Å². The van der Waals surface area contributed by atoms with Gasteiger partial charge in [0.15, 0.2) is 0 Å². The van der Waals surface area contributed by atoms with Crippen LogP contribution in [0.1, 0.15) is 24.8 Å². The van der Waals surface area contributed by atoms with Crippen molar-refractivity contribution in [3.05, 3.63) is 22.4 Å². The van der Waals surface area contributed by atoms with E-state index < -0.39 is 29.3 Å². The minimum Gasteiger partial charge on any atom is -0.318 e. The molecule has 0 aromatic carbocycles. The van der Waals surface area contributed by atoms with Gasteiger partial charge in [-0.25, -0.2) is 0 Å². The van der Waals surface area contributed by atoms with Gasteiger partial charge in [-0.2, -0.15) is 0 Å². The van der Waals surface area contributed by atoms with Gasteiger partial charge in [0, 0.05) is 4.88 Å². The van der Waals surface area contributed by atoms with Crippen molar-refractivity contribution >= 4 is 29.1 Å². The molecule has 1 aliphatic rings. The van der Waals surface area contributed by atoms with Crippen molar-refractivity contribution in [1.29, 1.82) is 0 Å². The minimum atomic E-state index is -1.08. The van der Waals surface area contributed by atoms with Gasteiger partial charge in [-0.05, 0) is 25.3 Å². The molecule has 0 saturated carbocycles. The quantitative estimate of drug-likeness (QED) is 0.747. The Morgan fingerprint density at radius 2 is 2.21 bits per heavy atom. The molecule has 1 aromatic heterocycles. The van der Waals surface area contributed by atoms with E-state index in [1.54, 1.807) is 26.0 Å². The van der Waals surface area contributed by atoms with Gasteiger partial charge in [-0.3, -0.25) is 19.7 Å². The smallest absolute Gasteiger partial charge is 0.252 e. The number of amides is 3. The van der Waals surface area contributed by atoms with Gasteiger partial charge < -0.3 is 10.6 Å². The highest BCUT2D eigenvalue weighted by Gasteiger charge is 2.44. The molecule has 1 atom stereocenters. The van der Waals surface area contributed by atoms with Crippen molar-refractivity contribution in [1.82, 2.24) is 10.2 Å². The molecule has 0 aliphatic carbocycles. The number of carbonyl (C=O) groups is 3. The summed E-state index contributed by atoms with van der Waals surface area (Å²) in [6.07, 6.45) is 0. The number of nitrogens with two attached hydrogens (primary N) is 1. The molecule has 1 aliphatic heterocycles. The van der Waals surface area contributed by atoms with E-state index in [1.807, 2.05) is 5.38 Å². The van der Waals surface area contributed by atoms with E-state index in [1.165, 1.54) is 16.2 Å². The second-order valence-electron chi connectivity index (χ2n) is 4.85. The van der Waals surface area contributed by atoms with E-state index in [0.717, 1.165) is 0 Å². The number of thiophene rings is 1. The van der Waals surface area contributed by atoms with Gasteiger partial charge in [-0.15, -0.1) is 11.3 Å². The lowest BCUT2D eigenvalue weighted by Crippen LogP contribution is -2.66. The van der Waals surface area contributed by atoms with Crippen molar-refractivity contribution < 1.29 is 14.4 Å². The maximum absolute atomic E-state index is 12.4. The molecule has 2 rings (SSSR count). The van der Waals surface area contributed by atoms with E-state index in [9.17, 15) is 14.4 Å². The summed E-state index contributed by atoms with van der Waals surface area (Å²) in [5.41, 5.74) is 4.82. The Balaban J connectivity index is 2.26. The highest BCUT2D eigenvalue weighted by Crippen LogP contribution is 2.25. The van der Waals surface area contributed by atoms with Crippen LogP contribution in [0.4, 0.5) is 0 Å². The molecule has 1 aromatic rings.